The first-order valence-electron chi connectivity index (χ1n) is 8.06. The van der Waals surface area contributed by atoms with Crippen molar-refractivity contribution in [2.24, 2.45) is 17.8 Å². The van der Waals surface area contributed by atoms with Crippen LogP contribution in [-0.2, 0) is 4.79 Å². The summed E-state index contributed by atoms with van der Waals surface area (Å²) in [5.74, 6) is 0.843. The fourth-order valence-corrected chi connectivity index (χ4v) is 3.44. The molecule has 0 aromatic heterocycles. The third-order valence-corrected chi connectivity index (χ3v) is 4.99. The number of rotatable bonds is 3. The Morgan fingerprint density at radius 1 is 1.25 bits per heavy atom. The van der Waals surface area contributed by atoms with Gasteiger partial charge in [0.1, 0.15) is 0 Å². The highest BCUT2D eigenvalue weighted by Crippen LogP contribution is 2.29. The molecule has 0 saturated carbocycles. The van der Waals surface area contributed by atoms with Crippen LogP contribution in [0.1, 0.15) is 24.2 Å². The molecule has 0 unspecified atom stereocenters. The van der Waals surface area contributed by atoms with Crippen LogP contribution < -0.4 is 10.6 Å². The van der Waals surface area contributed by atoms with E-state index in [4.69, 9.17) is 11.6 Å². The summed E-state index contributed by atoms with van der Waals surface area (Å²) >= 11 is 6.22. The number of halogens is 2. The van der Waals surface area contributed by atoms with E-state index in [2.05, 4.69) is 10.6 Å². The molecule has 2 aliphatic rings. The van der Waals surface area contributed by atoms with E-state index in [1.165, 1.54) is 0 Å². The number of benzene rings is 1. The molecule has 2 fully saturated rings. The quantitative estimate of drug-likeness (QED) is 0.858. The first-order chi connectivity index (χ1) is 11.0. The molecule has 2 N–H and O–H groups in total. The Morgan fingerprint density at radius 2 is 1.88 bits per heavy atom. The molecular formula is C17H23Cl2N3O2. The summed E-state index contributed by atoms with van der Waals surface area (Å²) in [4.78, 5) is 26.5. The molecule has 5 nitrogen and oxygen atoms in total. The van der Waals surface area contributed by atoms with E-state index in [9.17, 15) is 9.59 Å². The van der Waals surface area contributed by atoms with Gasteiger partial charge in [-0.25, -0.2) is 0 Å². The lowest BCUT2D eigenvalue weighted by Gasteiger charge is -2.19. The summed E-state index contributed by atoms with van der Waals surface area (Å²) in [6, 6.07) is 5.07. The molecular weight excluding hydrogens is 349 g/mol. The third kappa shape index (κ3) is 3.85. The average molecular weight is 372 g/mol. The highest BCUT2D eigenvalue weighted by atomic mass is 35.5. The second-order valence-electron chi connectivity index (χ2n) is 6.73. The van der Waals surface area contributed by atoms with Gasteiger partial charge in [-0.2, -0.15) is 0 Å². The smallest absolute Gasteiger partial charge is 0.255 e. The van der Waals surface area contributed by atoms with Crippen LogP contribution in [0.5, 0.6) is 0 Å². The van der Waals surface area contributed by atoms with Crippen LogP contribution in [0.3, 0.4) is 0 Å². The lowest BCUT2D eigenvalue weighted by molar-refractivity contribution is -0.118. The van der Waals surface area contributed by atoms with Crippen molar-refractivity contribution in [2.45, 2.75) is 13.8 Å². The minimum absolute atomic E-state index is 0. The number of nitrogens with zero attached hydrogens (tertiary/aromatic N) is 1. The Bertz CT molecular complexity index is 624. The van der Waals surface area contributed by atoms with Crippen molar-refractivity contribution in [3.05, 3.63) is 28.8 Å². The van der Waals surface area contributed by atoms with Crippen molar-refractivity contribution in [3.8, 4) is 0 Å². The summed E-state index contributed by atoms with van der Waals surface area (Å²) in [6.07, 6.45) is 0. The van der Waals surface area contributed by atoms with Crippen LogP contribution >= 0.6 is 24.0 Å². The number of hydrogen-bond donors (Lipinski definition) is 2. The first-order valence-corrected chi connectivity index (χ1v) is 8.44. The minimum atomic E-state index is -0.115. The van der Waals surface area contributed by atoms with Gasteiger partial charge in [0.15, 0.2) is 0 Å². The fraction of sp³-hybridized carbons (Fsp3) is 0.529. The summed E-state index contributed by atoms with van der Waals surface area (Å²) < 4.78 is 0. The van der Waals surface area contributed by atoms with Gasteiger partial charge in [-0.3, -0.25) is 9.59 Å². The average Bonchev–Trinajstić information content (AvgIpc) is 3.09. The summed E-state index contributed by atoms with van der Waals surface area (Å²) in [7, 11) is 0. The van der Waals surface area contributed by atoms with Crippen LogP contribution in [-0.4, -0.2) is 42.9 Å². The molecule has 1 aromatic rings. The van der Waals surface area contributed by atoms with E-state index < -0.39 is 0 Å². The van der Waals surface area contributed by atoms with Gasteiger partial charge in [-0.05, 0) is 30.0 Å². The van der Waals surface area contributed by atoms with Crippen molar-refractivity contribution >= 4 is 41.5 Å². The van der Waals surface area contributed by atoms with Crippen molar-refractivity contribution in [1.82, 2.24) is 10.2 Å². The molecule has 0 radical (unpaired) electrons. The number of amides is 2. The Hall–Kier alpha value is -1.30. The van der Waals surface area contributed by atoms with Crippen molar-refractivity contribution in [3.63, 3.8) is 0 Å². The minimum Gasteiger partial charge on any atom is -0.338 e. The van der Waals surface area contributed by atoms with Crippen molar-refractivity contribution < 1.29 is 9.59 Å². The molecule has 0 aliphatic carbocycles. The largest absolute Gasteiger partial charge is 0.338 e. The van der Waals surface area contributed by atoms with Gasteiger partial charge in [-0.1, -0.05) is 25.4 Å². The normalized spacial score (nSPS) is 22.2. The Labute approximate surface area is 153 Å². The molecule has 0 bridgehead atoms. The van der Waals surface area contributed by atoms with Crippen LogP contribution in [0.2, 0.25) is 5.02 Å². The van der Waals surface area contributed by atoms with Gasteiger partial charge >= 0.3 is 0 Å². The maximum Gasteiger partial charge on any atom is 0.255 e. The SMILES string of the molecule is CC(C)C(=O)Nc1ccc(Cl)c(C(=O)N2C[C@H]3CNC[C@H]3C2)c1.Cl. The third-order valence-electron chi connectivity index (χ3n) is 4.67. The molecule has 2 atom stereocenters. The number of hydrogen-bond acceptors (Lipinski definition) is 3. The fourth-order valence-electron chi connectivity index (χ4n) is 3.25. The van der Waals surface area contributed by atoms with Gasteiger partial charge in [0.2, 0.25) is 5.91 Å². The van der Waals surface area contributed by atoms with E-state index >= 15 is 0 Å². The van der Waals surface area contributed by atoms with Crippen molar-refractivity contribution in [2.75, 3.05) is 31.5 Å². The zero-order valence-corrected chi connectivity index (χ0v) is 15.4. The predicted molar refractivity (Wildman–Crippen MR) is 97.9 cm³/mol. The highest BCUT2D eigenvalue weighted by molar-refractivity contribution is 6.34. The van der Waals surface area contributed by atoms with Gasteiger partial charge < -0.3 is 15.5 Å². The Balaban J connectivity index is 0.00000208. The molecule has 24 heavy (non-hydrogen) atoms. The monoisotopic (exact) mass is 371 g/mol. The molecule has 3 rings (SSSR count). The lowest BCUT2D eigenvalue weighted by atomic mass is 10.0. The number of anilines is 1. The summed E-state index contributed by atoms with van der Waals surface area (Å²) in [5.41, 5.74) is 1.07. The molecule has 1 aromatic carbocycles. The molecule has 2 aliphatic heterocycles. The summed E-state index contributed by atoms with van der Waals surface area (Å²) in [5, 5.41) is 6.60. The number of carbonyl (C=O) groups excluding carboxylic acids is 2. The highest BCUT2D eigenvalue weighted by Gasteiger charge is 2.38. The number of fused-ring (bicyclic) bond motifs is 1. The summed E-state index contributed by atoms with van der Waals surface area (Å²) in [6.45, 7) is 7.16. The van der Waals surface area contributed by atoms with Crippen LogP contribution in [0.15, 0.2) is 18.2 Å². The molecule has 7 heteroatoms. The van der Waals surface area contributed by atoms with Crippen LogP contribution in [0.25, 0.3) is 0 Å². The standard InChI is InChI=1S/C17H22ClN3O2.ClH/c1-10(2)16(22)20-13-3-4-15(18)14(5-13)17(23)21-8-11-6-19-7-12(11)9-21;/h3-5,10-12,19H,6-9H2,1-2H3,(H,20,22);1H/t11-,12+;. The second kappa shape index (κ2) is 7.72. The predicted octanol–water partition coefficient (Wildman–Crippen LogP) is 2.65. The van der Waals surface area contributed by atoms with Crippen molar-refractivity contribution in [1.29, 1.82) is 0 Å². The maximum absolute atomic E-state index is 12.8. The topological polar surface area (TPSA) is 61.4 Å². The van der Waals surface area contributed by atoms with Gasteiger partial charge in [0.05, 0.1) is 10.6 Å². The molecule has 2 amide bonds. The molecule has 132 valence electrons. The van der Waals surface area contributed by atoms with E-state index in [0.29, 0.717) is 28.1 Å². The lowest BCUT2D eigenvalue weighted by Crippen LogP contribution is -2.32. The van der Waals surface area contributed by atoms with E-state index in [1.807, 2.05) is 18.7 Å². The number of likely N-dealkylation sites (tertiary alicyclic amines) is 1. The molecule has 2 heterocycles. The van der Waals surface area contributed by atoms with E-state index in [0.717, 1.165) is 26.2 Å². The van der Waals surface area contributed by atoms with Crippen LogP contribution in [0.4, 0.5) is 5.69 Å². The molecule has 0 spiro atoms. The van der Waals surface area contributed by atoms with Gasteiger partial charge in [0.25, 0.3) is 5.91 Å². The second-order valence-corrected chi connectivity index (χ2v) is 7.13. The van der Waals surface area contributed by atoms with Gasteiger partial charge in [-0.15, -0.1) is 12.4 Å². The number of nitrogens with one attached hydrogen (secondary N) is 2. The van der Waals surface area contributed by atoms with Crippen LogP contribution in [0, 0.1) is 17.8 Å². The van der Waals surface area contributed by atoms with E-state index in [1.54, 1.807) is 18.2 Å². The first kappa shape index (κ1) is 19.0. The number of carbonyl (C=O) groups is 2. The molecule has 2 saturated heterocycles. The Morgan fingerprint density at radius 3 is 2.46 bits per heavy atom. The Kier molecular flexibility index (Phi) is 6.12. The maximum atomic E-state index is 12.8. The zero-order chi connectivity index (χ0) is 16.6. The van der Waals surface area contributed by atoms with E-state index in [-0.39, 0.29) is 30.1 Å². The van der Waals surface area contributed by atoms with Gasteiger partial charge in [0, 0.05) is 37.8 Å². The zero-order valence-electron chi connectivity index (χ0n) is 13.8.